The van der Waals surface area contributed by atoms with Gasteiger partial charge in [-0.15, -0.1) is 10.2 Å². The molecule has 1 aliphatic rings. The van der Waals surface area contributed by atoms with E-state index in [0.717, 1.165) is 31.9 Å². The number of halogens is 1. The summed E-state index contributed by atoms with van der Waals surface area (Å²) in [6.45, 7) is 3.74. The summed E-state index contributed by atoms with van der Waals surface area (Å²) >= 11 is 7.35. The molecule has 1 amide bonds. The highest BCUT2D eigenvalue weighted by molar-refractivity contribution is 7.99. The van der Waals surface area contributed by atoms with Gasteiger partial charge < -0.3 is 19.5 Å². The number of aromatic nitrogens is 3. The molecule has 156 valence electrons. The summed E-state index contributed by atoms with van der Waals surface area (Å²) in [5.74, 6) is 0.291. The van der Waals surface area contributed by atoms with Crippen LogP contribution in [0.2, 0.25) is 5.02 Å². The van der Waals surface area contributed by atoms with E-state index in [4.69, 9.17) is 16.0 Å². The third-order valence-corrected chi connectivity index (χ3v) is 5.75. The van der Waals surface area contributed by atoms with Crippen molar-refractivity contribution in [1.82, 2.24) is 20.1 Å². The van der Waals surface area contributed by atoms with Crippen molar-refractivity contribution in [2.75, 3.05) is 49.2 Å². The van der Waals surface area contributed by atoms with E-state index in [-0.39, 0.29) is 11.7 Å². The van der Waals surface area contributed by atoms with Crippen LogP contribution in [0.25, 0.3) is 11.6 Å². The monoisotopic (exact) mass is 444 g/mol. The Balaban J connectivity index is 1.38. The molecule has 0 atom stereocenters. The molecule has 1 saturated heterocycles. The van der Waals surface area contributed by atoms with E-state index < -0.39 is 0 Å². The number of anilines is 2. The van der Waals surface area contributed by atoms with Crippen LogP contribution in [0.5, 0.6) is 0 Å². The highest BCUT2D eigenvalue weighted by Gasteiger charge is 2.19. The van der Waals surface area contributed by atoms with Crippen molar-refractivity contribution in [3.8, 4) is 11.6 Å². The predicted octanol–water partition coefficient (Wildman–Crippen LogP) is 3.27. The number of benzene rings is 1. The second-order valence-corrected chi connectivity index (χ2v) is 8.24. The van der Waals surface area contributed by atoms with Crippen LogP contribution in [-0.2, 0) is 4.79 Å². The molecule has 0 aliphatic carbocycles. The molecular formula is C20H21ClN6O2S. The largest absolute Gasteiger partial charge is 0.410 e. The molecule has 1 N–H and O–H groups in total. The summed E-state index contributed by atoms with van der Waals surface area (Å²) in [7, 11) is 2.11. The van der Waals surface area contributed by atoms with E-state index in [1.165, 1.54) is 11.8 Å². The molecule has 2 aromatic heterocycles. The number of piperazine rings is 1. The van der Waals surface area contributed by atoms with Gasteiger partial charge in [-0.1, -0.05) is 29.4 Å². The normalized spacial score (nSPS) is 14.7. The van der Waals surface area contributed by atoms with Crippen LogP contribution in [0.15, 0.2) is 52.2 Å². The first-order chi connectivity index (χ1) is 14.6. The highest BCUT2D eigenvalue weighted by atomic mass is 35.5. The molecule has 3 heterocycles. The Morgan fingerprint density at radius 2 is 2.03 bits per heavy atom. The number of thioether (sulfide) groups is 1. The lowest BCUT2D eigenvalue weighted by atomic mass is 10.2. The zero-order valence-electron chi connectivity index (χ0n) is 16.4. The Morgan fingerprint density at radius 3 is 2.80 bits per heavy atom. The van der Waals surface area contributed by atoms with Gasteiger partial charge in [0.05, 0.1) is 17.1 Å². The maximum absolute atomic E-state index is 12.6. The molecule has 0 radical (unpaired) electrons. The zero-order valence-corrected chi connectivity index (χ0v) is 18.0. The number of hydrogen-bond acceptors (Lipinski definition) is 8. The number of pyridine rings is 1. The Kier molecular flexibility index (Phi) is 6.51. The second kappa shape index (κ2) is 9.46. The molecule has 0 saturated carbocycles. The number of amides is 1. The van der Waals surface area contributed by atoms with Crippen LogP contribution < -0.4 is 10.2 Å². The zero-order chi connectivity index (χ0) is 20.9. The topological polar surface area (TPSA) is 87.4 Å². The number of likely N-dealkylation sites (N-methyl/N-ethyl adjacent to an activating group) is 1. The predicted molar refractivity (Wildman–Crippen MR) is 118 cm³/mol. The van der Waals surface area contributed by atoms with E-state index in [1.54, 1.807) is 18.3 Å². The summed E-state index contributed by atoms with van der Waals surface area (Å²) in [5.41, 5.74) is 2.27. The van der Waals surface area contributed by atoms with Crippen molar-refractivity contribution in [1.29, 1.82) is 0 Å². The van der Waals surface area contributed by atoms with Crippen molar-refractivity contribution < 1.29 is 9.21 Å². The fourth-order valence-electron chi connectivity index (χ4n) is 3.11. The number of carbonyl (C=O) groups excluding carboxylic acids is 1. The SMILES string of the molecule is CN1CCN(c2ccc(Cl)cc2NC(=O)CSc2nnc(-c3ccccn3)o2)CC1. The fourth-order valence-corrected chi connectivity index (χ4v) is 3.84. The van der Waals surface area contributed by atoms with E-state index in [9.17, 15) is 4.79 Å². The van der Waals surface area contributed by atoms with E-state index >= 15 is 0 Å². The standard InChI is InChI=1S/C20H21ClN6O2S/c1-26-8-10-27(11-9-26)17-6-5-14(21)12-16(17)23-18(28)13-30-20-25-24-19(29-20)15-4-2-3-7-22-15/h2-7,12H,8-11,13H2,1H3,(H,23,28). The summed E-state index contributed by atoms with van der Waals surface area (Å²) in [5, 5.41) is 11.8. The van der Waals surface area contributed by atoms with Gasteiger partial charge in [0.2, 0.25) is 5.91 Å². The summed E-state index contributed by atoms with van der Waals surface area (Å²) < 4.78 is 5.58. The molecule has 8 nitrogen and oxygen atoms in total. The van der Waals surface area contributed by atoms with Gasteiger partial charge in [-0.3, -0.25) is 9.78 Å². The summed E-state index contributed by atoms with van der Waals surface area (Å²) in [6, 6.07) is 11.0. The van der Waals surface area contributed by atoms with Crippen molar-refractivity contribution in [3.05, 3.63) is 47.6 Å². The Bertz CT molecular complexity index is 1010. The van der Waals surface area contributed by atoms with Gasteiger partial charge >= 0.3 is 0 Å². The minimum Gasteiger partial charge on any atom is -0.410 e. The lowest BCUT2D eigenvalue weighted by Gasteiger charge is -2.35. The van der Waals surface area contributed by atoms with Crippen LogP contribution in [0.3, 0.4) is 0 Å². The lowest BCUT2D eigenvalue weighted by molar-refractivity contribution is -0.113. The molecule has 30 heavy (non-hydrogen) atoms. The van der Waals surface area contributed by atoms with Gasteiger partial charge in [0, 0.05) is 37.4 Å². The molecule has 3 aromatic rings. The van der Waals surface area contributed by atoms with Crippen LogP contribution >= 0.6 is 23.4 Å². The highest BCUT2D eigenvalue weighted by Crippen LogP contribution is 2.30. The Morgan fingerprint density at radius 1 is 1.20 bits per heavy atom. The minimum atomic E-state index is -0.171. The molecule has 1 fully saturated rings. The van der Waals surface area contributed by atoms with E-state index in [2.05, 4.69) is 37.3 Å². The van der Waals surface area contributed by atoms with Crippen LogP contribution in [0.1, 0.15) is 0 Å². The number of nitrogens with one attached hydrogen (secondary N) is 1. The lowest BCUT2D eigenvalue weighted by Crippen LogP contribution is -2.44. The Hall–Kier alpha value is -2.62. The Labute approximate surface area is 183 Å². The molecule has 0 bridgehead atoms. The maximum Gasteiger partial charge on any atom is 0.277 e. The fraction of sp³-hybridized carbons (Fsp3) is 0.300. The average Bonchev–Trinajstić information content (AvgIpc) is 3.23. The van der Waals surface area contributed by atoms with Gasteiger partial charge in [0.25, 0.3) is 11.1 Å². The van der Waals surface area contributed by atoms with E-state index in [0.29, 0.717) is 27.5 Å². The molecule has 1 aromatic carbocycles. The molecule has 1 aliphatic heterocycles. The minimum absolute atomic E-state index is 0.137. The smallest absolute Gasteiger partial charge is 0.277 e. The molecule has 0 unspecified atom stereocenters. The quantitative estimate of drug-likeness (QED) is 0.579. The number of hydrogen-bond donors (Lipinski definition) is 1. The number of carbonyl (C=O) groups is 1. The van der Waals surface area contributed by atoms with Gasteiger partial charge in [-0.2, -0.15) is 0 Å². The van der Waals surface area contributed by atoms with Crippen molar-refractivity contribution in [2.24, 2.45) is 0 Å². The third-order valence-electron chi connectivity index (χ3n) is 4.69. The van der Waals surface area contributed by atoms with Crippen LogP contribution in [0, 0.1) is 0 Å². The van der Waals surface area contributed by atoms with Crippen molar-refractivity contribution in [3.63, 3.8) is 0 Å². The van der Waals surface area contributed by atoms with Crippen LogP contribution in [0.4, 0.5) is 11.4 Å². The van der Waals surface area contributed by atoms with Crippen molar-refractivity contribution >= 4 is 40.6 Å². The van der Waals surface area contributed by atoms with E-state index in [1.807, 2.05) is 24.3 Å². The number of rotatable bonds is 6. The van der Waals surface area contributed by atoms with Gasteiger partial charge in [-0.25, -0.2) is 0 Å². The van der Waals surface area contributed by atoms with Crippen LogP contribution in [-0.4, -0.2) is 65.0 Å². The number of nitrogens with zero attached hydrogens (tertiary/aromatic N) is 5. The van der Waals surface area contributed by atoms with Gasteiger partial charge in [0.1, 0.15) is 5.69 Å². The van der Waals surface area contributed by atoms with Crippen molar-refractivity contribution in [2.45, 2.75) is 5.22 Å². The third kappa shape index (κ3) is 5.10. The van der Waals surface area contributed by atoms with Gasteiger partial charge in [0.15, 0.2) is 0 Å². The first-order valence-electron chi connectivity index (χ1n) is 9.49. The molecular weight excluding hydrogens is 424 g/mol. The first kappa shape index (κ1) is 20.6. The molecule has 10 heteroatoms. The summed E-state index contributed by atoms with van der Waals surface area (Å²) in [6.07, 6.45) is 1.66. The average molecular weight is 445 g/mol. The molecule has 4 rings (SSSR count). The first-order valence-corrected chi connectivity index (χ1v) is 10.9. The maximum atomic E-state index is 12.6. The van der Waals surface area contributed by atoms with Gasteiger partial charge in [-0.05, 0) is 37.4 Å². The molecule has 0 spiro atoms. The summed E-state index contributed by atoms with van der Waals surface area (Å²) in [4.78, 5) is 21.3. The second-order valence-electron chi connectivity index (χ2n) is 6.88.